The monoisotopic (exact) mass is 272 g/mol. The predicted molar refractivity (Wildman–Crippen MR) is 66.8 cm³/mol. The molecule has 6 nitrogen and oxygen atoms in total. The van der Waals surface area contributed by atoms with E-state index in [0.717, 1.165) is 21.7 Å². The highest BCUT2D eigenvalue weighted by atomic mass is 35.5. The highest BCUT2D eigenvalue weighted by Gasteiger charge is 2.07. The molecule has 90 valence electrons. The summed E-state index contributed by atoms with van der Waals surface area (Å²) >= 11 is 6.95. The van der Waals surface area contributed by atoms with Gasteiger partial charge in [0.25, 0.3) is 5.56 Å². The lowest BCUT2D eigenvalue weighted by Gasteiger charge is -2.06. The first-order valence-corrected chi connectivity index (χ1v) is 5.96. The second-order valence-electron chi connectivity index (χ2n) is 3.33. The number of rotatable bonds is 3. The number of hydrogen-bond acceptors (Lipinski definition) is 5. The van der Waals surface area contributed by atoms with Crippen LogP contribution >= 0.6 is 22.9 Å². The lowest BCUT2D eigenvalue weighted by atomic mass is 10.4. The first kappa shape index (κ1) is 11.9. The Bertz CT molecular complexity index is 645. The van der Waals surface area contributed by atoms with Crippen molar-refractivity contribution in [2.24, 2.45) is 7.05 Å². The van der Waals surface area contributed by atoms with Gasteiger partial charge in [-0.3, -0.25) is 9.59 Å². The molecule has 2 aromatic rings. The fourth-order valence-electron chi connectivity index (χ4n) is 1.22. The summed E-state index contributed by atoms with van der Waals surface area (Å²) in [6, 6.07) is 0. The van der Waals surface area contributed by atoms with E-state index in [4.69, 9.17) is 11.6 Å². The number of aryl methyl sites for hydroxylation is 1. The van der Waals surface area contributed by atoms with Gasteiger partial charge in [-0.05, 0) is 0 Å². The molecule has 2 heterocycles. The summed E-state index contributed by atoms with van der Waals surface area (Å²) in [4.78, 5) is 24.9. The van der Waals surface area contributed by atoms with E-state index in [1.807, 2.05) is 0 Å². The molecule has 0 aliphatic rings. The van der Waals surface area contributed by atoms with Crippen molar-refractivity contribution in [3.05, 3.63) is 42.3 Å². The second kappa shape index (κ2) is 4.72. The van der Waals surface area contributed by atoms with E-state index in [9.17, 15) is 9.59 Å². The molecule has 0 bridgehead atoms. The number of thiazole rings is 1. The van der Waals surface area contributed by atoms with Gasteiger partial charge in [-0.2, -0.15) is 5.10 Å². The molecule has 2 rings (SSSR count). The Morgan fingerprint density at radius 3 is 3.00 bits per heavy atom. The van der Waals surface area contributed by atoms with E-state index < -0.39 is 0 Å². The maximum atomic E-state index is 11.5. The third-order valence-electron chi connectivity index (χ3n) is 2.12. The molecule has 0 spiro atoms. The van der Waals surface area contributed by atoms with E-state index in [2.05, 4.69) is 15.4 Å². The van der Waals surface area contributed by atoms with Gasteiger partial charge in [0, 0.05) is 18.1 Å². The smallest absolute Gasteiger partial charge is 0.304 e. The van der Waals surface area contributed by atoms with Crippen LogP contribution in [0.5, 0.6) is 0 Å². The van der Waals surface area contributed by atoms with Crippen molar-refractivity contribution >= 4 is 28.6 Å². The van der Waals surface area contributed by atoms with Crippen LogP contribution in [0.2, 0.25) is 5.02 Å². The molecule has 0 aliphatic heterocycles. The lowest BCUT2D eigenvalue weighted by molar-refractivity contribution is 0.708. The van der Waals surface area contributed by atoms with Crippen LogP contribution in [-0.2, 0) is 13.6 Å². The van der Waals surface area contributed by atoms with Crippen molar-refractivity contribution in [2.45, 2.75) is 6.54 Å². The molecule has 0 saturated heterocycles. The Balaban J connectivity index is 2.17. The molecule has 0 atom stereocenters. The fraction of sp³-hybridized carbons (Fsp3) is 0.222. The molecular formula is C9H9ClN4O2S. The molecule has 0 aliphatic carbocycles. The molecule has 0 fully saturated rings. The van der Waals surface area contributed by atoms with Gasteiger partial charge in [0.2, 0.25) is 0 Å². The fourth-order valence-corrected chi connectivity index (χ4v) is 2.04. The van der Waals surface area contributed by atoms with Crippen LogP contribution in [0.25, 0.3) is 0 Å². The van der Waals surface area contributed by atoms with Gasteiger partial charge in [0.15, 0.2) is 0 Å². The maximum absolute atomic E-state index is 11.5. The second-order valence-corrected chi connectivity index (χ2v) is 4.55. The number of hydrogen-bond donors (Lipinski definition) is 2. The Labute approximate surface area is 105 Å². The Kier molecular flexibility index (Phi) is 3.30. The van der Waals surface area contributed by atoms with Crippen LogP contribution in [0.1, 0.15) is 5.69 Å². The Morgan fingerprint density at radius 2 is 2.35 bits per heavy atom. The van der Waals surface area contributed by atoms with E-state index >= 15 is 0 Å². The maximum Gasteiger partial charge on any atom is 0.304 e. The molecule has 2 aromatic heterocycles. The Hall–Kier alpha value is -1.60. The van der Waals surface area contributed by atoms with E-state index in [-0.39, 0.29) is 15.5 Å². The van der Waals surface area contributed by atoms with Crippen LogP contribution in [0.15, 0.2) is 21.2 Å². The van der Waals surface area contributed by atoms with Crippen molar-refractivity contribution in [1.82, 2.24) is 14.8 Å². The zero-order chi connectivity index (χ0) is 12.4. The van der Waals surface area contributed by atoms with Crippen molar-refractivity contribution < 1.29 is 0 Å². The summed E-state index contributed by atoms with van der Waals surface area (Å²) in [6.07, 6.45) is 1.47. The van der Waals surface area contributed by atoms with Gasteiger partial charge >= 0.3 is 4.87 Å². The summed E-state index contributed by atoms with van der Waals surface area (Å²) in [5, 5.41) is 8.57. The van der Waals surface area contributed by atoms with E-state index in [1.54, 1.807) is 5.38 Å². The van der Waals surface area contributed by atoms with Crippen molar-refractivity contribution in [3.63, 3.8) is 0 Å². The number of aromatic nitrogens is 3. The number of nitrogens with zero attached hydrogens (tertiary/aromatic N) is 2. The predicted octanol–water partition coefficient (Wildman–Crippen LogP) is 0.796. The third kappa shape index (κ3) is 2.56. The Morgan fingerprint density at radius 1 is 1.59 bits per heavy atom. The summed E-state index contributed by atoms with van der Waals surface area (Å²) in [6.45, 7) is 0.382. The van der Waals surface area contributed by atoms with Crippen LogP contribution in [0.4, 0.5) is 5.69 Å². The molecule has 0 saturated carbocycles. The summed E-state index contributed by atoms with van der Waals surface area (Å²) in [5.41, 5.74) is 0.814. The normalized spacial score (nSPS) is 10.5. The molecule has 0 radical (unpaired) electrons. The molecule has 0 aromatic carbocycles. The van der Waals surface area contributed by atoms with Crippen LogP contribution < -0.4 is 15.7 Å². The zero-order valence-electron chi connectivity index (χ0n) is 8.86. The molecule has 0 unspecified atom stereocenters. The summed E-state index contributed by atoms with van der Waals surface area (Å²) < 4.78 is 1.15. The highest BCUT2D eigenvalue weighted by Crippen LogP contribution is 2.15. The molecular weight excluding hydrogens is 264 g/mol. The first-order valence-electron chi connectivity index (χ1n) is 4.70. The average molecular weight is 273 g/mol. The summed E-state index contributed by atoms with van der Waals surface area (Å²) in [5.74, 6) is 0. The van der Waals surface area contributed by atoms with Crippen molar-refractivity contribution in [3.8, 4) is 0 Å². The lowest BCUT2D eigenvalue weighted by Crippen LogP contribution is -2.21. The summed E-state index contributed by atoms with van der Waals surface area (Å²) in [7, 11) is 1.52. The average Bonchev–Trinajstić information content (AvgIpc) is 2.71. The third-order valence-corrected chi connectivity index (χ3v) is 3.20. The van der Waals surface area contributed by atoms with Crippen LogP contribution in [0, 0.1) is 0 Å². The molecule has 0 amide bonds. The van der Waals surface area contributed by atoms with Gasteiger partial charge in [-0.25, -0.2) is 4.68 Å². The minimum absolute atomic E-state index is 0.0834. The molecule has 17 heavy (non-hydrogen) atoms. The van der Waals surface area contributed by atoms with Crippen LogP contribution in [0.3, 0.4) is 0 Å². The van der Waals surface area contributed by atoms with Gasteiger partial charge < -0.3 is 10.3 Å². The first-order chi connectivity index (χ1) is 8.08. The largest absolute Gasteiger partial charge is 0.377 e. The van der Waals surface area contributed by atoms with E-state index in [1.165, 1.54) is 13.2 Å². The van der Waals surface area contributed by atoms with Gasteiger partial charge in [-0.1, -0.05) is 22.9 Å². The van der Waals surface area contributed by atoms with Gasteiger partial charge in [-0.15, -0.1) is 0 Å². The number of H-pyrrole nitrogens is 1. The standard InChI is InChI=1S/C9H9ClN4O2S/c1-14-8(15)7(10)6(3-12-14)11-2-5-4-17-9(16)13-5/h3-4,11H,2H2,1H3,(H,13,16). The minimum atomic E-state index is -0.365. The number of nitrogens with one attached hydrogen (secondary N) is 2. The van der Waals surface area contributed by atoms with Crippen molar-refractivity contribution in [1.29, 1.82) is 0 Å². The zero-order valence-corrected chi connectivity index (χ0v) is 10.4. The molecule has 8 heteroatoms. The SMILES string of the molecule is Cn1ncc(NCc2csc(=O)[nH]2)c(Cl)c1=O. The van der Waals surface area contributed by atoms with Crippen LogP contribution in [-0.4, -0.2) is 14.8 Å². The highest BCUT2D eigenvalue weighted by molar-refractivity contribution is 7.07. The topological polar surface area (TPSA) is 79.8 Å². The van der Waals surface area contributed by atoms with Crippen molar-refractivity contribution in [2.75, 3.05) is 5.32 Å². The number of halogens is 1. The van der Waals surface area contributed by atoms with Gasteiger partial charge in [0.05, 0.1) is 18.4 Å². The number of aromatic amines is 1. The minimum Gasteiger partial charge on any atom is -0.377 e. The number of anilines is 1. The quantitative estimate of drug-likeness (QED) is 0.866. The molecule has 2 N–H and O–H groups in total. The van der Waals surface area contributed by atoms with Gasteiger partial charge in [0.1, 0.15) is 5.02 Å². The van der Waals surface area contributed by atoms with E-state index in [0.29, 0.717) is 12.2 Å².